The summed E-state index contributed by atoms with van der Waals surface area (Å²) in [5.41, 5.74) is 1.92. The maximum atomic E-state index is 12.7. The molecule has 1 saturated heterocycles. The minimum absolute atomic E-state index is 0.144. The van der Waals surface area contributed by atoms with E-state index >= 15 is 0 Å². The van der Waals surface area contributed by atoms with Crippen molar-refractivity contribution in [2.75, 3.05) is 23.3 Å². The molecule has 4 heterocycles. The zero-order valence-corrected chi connectivity index (χ0v) is 18.6. The molecular weight excluding hydrogens is 428 g/mol. The average Bonchev–Trinajstić information content (AvgIpc) is 3.33. The van der Waals surface area contributed by atoms with Crippen LogP contribution in [0.1, 0.15) is 19.8 Å². The van der Waals surface area contributed by atoms with E-state index in [-0.39, 0.29) is 5.56 Å². The molecule has 0 saturated carbocycles. The minimum Gasteiger partial charge on any atom is -0.341 e. The van der Waals surface area contributed by atoms with Crippen LogP contribution < -0.4 is 15.8 Å². The summed E-state index contributed by atoms with van der Waals surface area (Å²) in [4.78, 5) is 26.9. The van der Waals surface area contributed by atoms with Crippen molar-refractivity contribution in [1.29, 1.82) is 0 Å². The summed E-state index contributed by atoms with van der Waals surface area (Å²) in [6.45, 7) is 4.16. The number of halogens is 1. The molecule has 9 nitrogen and oxygen atoms in total. The molecule has 10 heteroatoms. The molecule has 1 fully saturated rings. The van der Waals surface area contributed by atoms with Gasteiger partial charge >= 0.3 is 0 Å². The SMILES string of the molecule is CC1CCN(c2ncc(Cl)c(Nc3ccc4c(c3)cc(-c3nnc[nH]3)c(=O)n4C)n2)CC1. The normalized spacial score (nSPS) is 14.8. The van der Waals surface area contributed by atoms with Gasteiger partial charge in [0.1, 0.15) is 11.3 Å². The number of fused-ring (bicyclic) bond motifs is 1. The van der Waals surface area contributed by atoms with E-state index in [9.17, 15) is 4.79 Å². The minimum atomic E-state index is -0.144. The third-order valence-electron chi connectivity index (χ3n) is 5.96. The first-order valence-corrected chi connectivity index (χ1v) is 10.9. The Labute approximate surface area is 189 Å². The highest BCUT2D eigenvalue weighted by Crippen LogP contribution is 2.29. The first-order chi connectivity index (χ1) is 15.5. The Morgan fingerprint density at radius 3 is 2.78 bits per heavy atom. The van der Waals surface area contributed by atoms with Gasteiger partial charge in [0.05, 0.1) is 17.3 Å². The van der Waals surface area contributed by atoms with Crippen molar-refractivity contribution in [2.45, 2.75) is 19.8 Å². The van der Waals surface area contributed by atoms with Gasteiger partial charge in [0.2, 0.25) is 5.95 Å². The number of H-pyrrole nitrogens is 1. The van der Waals surface area contributed by atoms with Crippen molar-refractivity contribution in [1.82, 2.24) is 29.7 Å². The van der Waals surface area contributed by atoms with Gasteiger partial charge in [0.25, 0.3) is 5.56 Å². The fourth-order valence-electron chi connectivity index (χ4n) is 4.01. The molecule has 0 aliphatic carbocycles. The van der Waals surface area contributed by atoms with E-state index in [1.807, 2.05) is 24.3 Å². The quantitative estimate of drug-likeness (QED) is 0.487. The molecule has 0 unspecified atom stereocenters. The Hall–Kier alpha value is -3.46. The standard InChI is InChI=1S/C22H23ClN8O/c1-13-5-7-31(8-6-13)22-24-11-17(23)20(28-22)27-15-3-4-18-14(9-15)10-16(21(32)30(18)2)19-25-12-26-29-19/h3-4,9-13H,5-8H2,1-2H3,(H,24,27,28)(H,25,26,29). The van der Waals surface area contributed by atoms with E-state index in [1.54, 1.807) is 17.8 Å². The van der Waals surface area contributed by atoms with Crippen LogP contribution >= 0.6 is 11.6 Å². The van der Waals surface area contributed by atoms with Crippen LogP contribution in [-0.2, 0) is 7.05 Å². The van der Waals surface area contributed by atoms with Gasteiger partial charge in [0, 0.05) is 31.2 Å². The second-order valence-electron chi connectivity index (χ2n) is 8.19. The monoisotopic (exact) mass is 450 g/mol. The number of hydrogen-bond acceptors (Lipinski definition) is 7. The van der Waals surface area contributed by atoms with Crippen molar-refractivity contribution < 1.29 is 0 Å². The molecule has 1 aliphatic heterocycles. The number of aromatic nitrogens is 6. The lowest BCUT2D eigenvalue weighted by molar-refractivity contribution is 0.434. The summed E-state index contributed by atoms with van der Waals surface area (Å²) in [6.07, 6.45) is 5.35. The van der Waals surface area contributed by atoms with Crippen LogP contribution in [0.4, 0.5) is 17.5 Å². The first kappa shape index (κ1) is 20.4. The third kappa shape index (κ3) is 3.80. The second kappa shape index (κ2) is 8.23. The predicted molar refractivity (Wildman–Crippen MR) is 126 cm³/mol. The van der Waals surface area contributed by atoms with Crippen molar-refractivity contribution >= 4 is 40.0 Å². The number of anilines is 3. The van der Waals surface area contributed by atoms with E-state index in [1.165, 1.54) is 6.33 Å². The Morgan fingerprint density at radius 2 is 2.03 bits per heavy atom. The topological polar surface area (TPSA) is 105 Å². The number of aromatic amines is 1. The lowest BCUT2D eigenvalue weighted by Crippen LogP contribution is -2.34. The highest BCUT2D eigenvalue weighted by atomic mass is 35.5. The molecule has 0 atom stereocenters. The molecule has 0 bridgehead atoms. The van der Waals surface area contributed by atoms with E-state index < -0.39 is 0 Å². The average molecular weight is 451 g/mol. The van der Waals surface area contributed by atoms with Crippen LogP contribution in [0, 0.1) is 5.92 Å². The van der Waals surface area contributed by atoms with Crippen LogP contribution in [0.25, 0.3) is 22.3 Å². The Kier molecular flexibility index (Phi) is 5.26. The summed E-state index contributed by atoms with van der Waals surface area (Å²) in [6, 6.07) is 7.56. The van der Waals surface area contributed by atoms with Crippen LogP contribution in [0.5, 0.6) is 0 Å². The summed E-state index contributed by atoms with van der Waals surface area (Å²) >= 11 is 6.39. The fraction of sp³-hybridized carbons (Fsp3) is 0.318. The number of hydrogen-bond donors (Lipinski definition) is 2. The molecule has 5 rings (SSSR count). The molecule has 4 aromatic rings. The van der Waals surface area contributed by atoms with Crippen molar-refractivity contribution in [2.24, 2.45) is 13.0 Å². The van der Waals surface area contributed by atoms with Crippen molar-refractivity contribution in [3.05, 3.63) is 52.2 Å². The molecule has 0 spiro atoms. The third-order valence-corrected chi connectivity index (χ3v) is 6.23. The van der Waals surface area contributed by atoms with Crippen LogP contribution in [0.2, 0.25) is 5.02 Å². The number of rotatable bonds is 4. The summed E-state index contributed by atoms with van der Waals surface area (Å²) in [5, 5.41) is 12.4. The van der Waals surface area contributed by atoms with Gasteiger partial charge in [-0.25, -0.2) is 4.98 Å². The molecule has 0 amide bonds. The molecular formula is C22H23ClN8O. The number of piperidine rings is 1. The van der Waals surface area contributed by atoms with Crippen LogP contribution in [0.3, 0.4) is 0 Å². The van der Waals surface area contributed by atoms with Crippen LogP contribution in [0.15, 0.2) is 41.6 Å². The second-order valence-corrected chi connectivity index (χ2v) is 8.60. The summed E-state index contributed by atoms with van der Waals surface area (Å²) in [5.74, 6) is 2.39. The first-order valence-electron chi connectivity index (χ1n) is 10.5. The van der Waals surface area contributed by atoms with E-state index in [0.717, 1.165) is 48.4 Å². The summed E-state index contributed by atoms with van der Waals surface area (Å²) < 4.78 is 1.60. The highest BCUT2D eigenvalue weighted by molar-refractivity contribution is 6.32. The van der Waals surface area contributed by atoms with Crippen LogP contribution in [-0.4, -0.2) is 42.8 Å². The van der Waals surface area contributed by atoms with E-state index in [4.69, 9.17) is 11.6 Å². The number of nitrogens with one attached hydrogen (secondary N) is 2. The maximum Gasteiger partial charge on any atom is 0.261 e. The van der Waals surface area contributed by atoms with E-state index in [0.29, 0.717) is 28.2 Å². The smallest absolute Gasteiger partial charge is 0.261 e. The van der Waals surface area contributed by atoms with Gasteiger partial charge in [-0.15, -0.1) is 10.2 Å². The lowest BCUT2D eigenvalue weighted by atomic mass is 10.00. The fourth-order valence-corrected chi connectivity index (χ4v) is 4.15. The Morgan fingerprint density at radius 1 is 1.22 bits per heavy atom. The predicted octanol–water partition coefficient (Wildman–Crippen LogP) is 3.75. The van der Waals surface area contributed by atoms with Gasteiger partial charge < -0.3 is 19.8 Å². The zero-order chi connectivity index (χ0) is 22.2. The number of aryl methyl sites for hydroxylation is 1. The largest absolute Gasteiger partial charge is 0.341 e. The molecule has 164 valence electrons. The van der Waals surface area contributed by atoms with Gasteiger partial charge in [-0.1, -0.05) is 18.5 Å². The molecule has 32 heavy (non-hydrogen) atoms. The van der Waals surface area contributed by atoms with Gasteiger partial charge in [-0.3, -0.25) is 4.79 Å². The zero-order valence-electron chi connectivity index (χ0n) is 17.8. The molecule has 1 aromatic carbocycles. The van der Waals surface area contributed by atoms with Crippen molar-refractivity contribution in [3.8, 4) is 11.4 Å². The Bertz CT molecular complexity index is 1330. The maximum absolute atomic E-state index is 12.7. The highest BCUT2D eigenvalue weighted by Gasteiger charge is 2.19. The van der Waals surface area contributed by atoms with E-state index in [2.05, 4.69) is 42.3 Å². The lowest BCUT2D eigenvalue weighted by Gasteiger charge is -2.30. The van der Waals surface area contributed by atoms with Crippen molar-refractivity contribution in [3.63, 3.8) is 0 Å². The number of nitrogens with zero attached hydrogens (tertiary/aromatic N) is 6. The number of benzene rings is 1. The number of pyridine rings is 1. The van der Waals surface area contributed by atoms with Gasteiger partial charge in [-0.05, 0) is 43.0 Å². The summed E-state index contributed by atoms with van der Waals surface area (Å²) in [7, 11) is 1.74. The molecule has 3 aromatic heterocycles. The van der Waals surface area contributed by atoms with Gasteiger partial charge in [0.15, 0.2) is 11.6 Å². The molecule has 2 N–H and O–H groups in total. The molecule has 1 aliphatic rings. The Balaban J connectivity index is 1.48. The van der Waals surface area contributed by atoms with Gasteiger partial charge in [-0.2, -0.15) is 4.98 Å². The molecule has 0 radical (unpaired) electrons.